The lowest BCUT2D eigenvalue weighted by Crippen LogP contribution is -2.01. The second-order valence-electron chi connectivity index (χ2n) is 2.17. The van der Waals surface area contributed by atoms with E-state index in [2.05, 4.69) is 9.97 Å². The first kappa shape index (κ1) is 7.64. The van der Waals surface area contributed by atoms with Crippen molar-refractivity contribution in [3.8, 4) is 0 Å². The number of hydrogen-bond donors (Lipinski definition) is 0. The minimum Gasteiger partial charge on any atom is -0.267 e. The van der Waals surface area contributed by atoms with Gasteiger partial charge in [0.15, 0.2) is 0 Å². The van der Waals surface area contributed by atoms with Crippen molar-refractivity contribution in [1.29, 1.82) is 0 Å². The zero-order valence-corrected chi connectivity index (χ0v) is 6.98. The van der Waals surface area contributed by atoms with Gasteiger partial charge in [-0.25, -0.2) is 0 Å². The van der Waals surface area contributed by atoms with Crippen molar-refractivity contribution >= 4 is 23.2 Å². The molecule has 0 spiro atoms. The first-order chi connectivity index (χ1) is 5.61. The Labute approximate surface area is 75.1 Å². The third-order valence-corrected chi connectivity index (χ3v) is 2.04. The van der Waals surface area contributed by atoms with Crippen molar-refractivity contribution in [1.82, 2.24) is 9.97 Å². The Hall–Kier alpha value is -1.00. The predicted octanol–water partition coefficient (Wildman–Crippen LogP) is 0.104. The summed E-state index contributed by atoms with van der Waals surface area (Å²) in [5, 5.41) is -0.211. The number of aromatic nitrogens is 2. The summed E-state index contributed by atoms with van der Waals surface area (Å²) < 4.78 is 0. The van der Waals surface area contributed by atoms with Gasteiger partial charge in [0.2, 0.25) is 0 Å². The number of hydrogen-bond acceptors (Lipinski definition) is 4. The first-order valence-electron chi connectivity index (χ1n) is 2.93. The Balaban J connectivity index is 3.34. The highest BCUT2D eigenvalue weighted by Crippen LogP contribution is 2.09. The Kier molecular flexibility index (Phi) is 1.43. The summed E-state index contributed by atoms with van der Waals surface area (Å²) in [6, 6.07) is 0. The molecule has 12 heavy (non-hydrogen) atoms. The molecule has 0 atom stereocenters. The Morgan fingerprint density at radius 3 is 1.50 bits per heavy atom. The predicted molar refractivity (Wildman–Crippen MR) is 42.3 cm³/mol. The molecule has 60 valence electrons. The van der Waals surface area contributed by atoms with Crippen LogP contribution in [0.4, 0.5) is 0 Å². The van der Waals surface area contributed by atoms with Crippen molar-refractivity contribution in [2.45, 2.75) is 0 Å². The zero-order valence-electron chi connectivity index (χ0n) is 5.47. The van der Waals surface area contributed by atoms with Crippen LogP contribution in [0.1, 0.15) is 0 Å². The molecule has 2 aliphatic rings. The van der Waals surface area contributed by atoms with E-state index in [1.54, 1.807) is 0 Å². The maximum absolute atomic E-state index is 11.0. The molecule has 0 amide bonds. The molecule has 2 aliphatic heterocycles. The SMILES string of the molecule is O=c1nc(Cl)c2c(=O)nc(Cl)c1=2. The van der Waals surface area contributed by atoms with Gasteiger partial charge in [-0.15, -0.1) is 0 Å². The van der Waals surface area contributed by atoms with Gasteiger partial charge in [0, 0.05) is 0 Å². The number of halogens is 2. The van der Waals surface area contributed by atoms with Gasteiger partial charge < -0.3 is 0 Å². The summed E-state index contributed by atoms with van der Waals surface area (Å²) in [4.78, 5) is 28.7. The first-order valence-corrected chi connectivity index (χ1v) is 3.69. The molecule has 0 aromatic carbocycles. The van der Waals surface area contributed by atoms with Gasteiger partial charge in [0.25, 0.3) is 11.1 Å². The summed E-state index contributed by atoms with van der Waals surface area (Å²) in [5.74, 6) is 0. The van der Waals surface area contributed by atoms with Crippen LogP contribution in [0.15, 0.2) is 9.59 Å². The van der Waals surface area contributed by atoms with E-state index in [9.17, 15) is 9.59 Å². The molecule has 0 aliphatic carbocycles. The lowest BCUT2D eigenvalue weighted by atomic mass is 10.4. The fraction of sp³-hybridized carbons (Fsp3) is 0. The molecule has 2 heterocycles. The molecule has 0 unspecified atom stereocenters. The minimum absolute atomic E-state index is 0.0201. The summed E-state index contributed by atoms with van der Waals surface area (Å²) in [6.45, 7) is 0. The molecule has 0 aromatic heterocycles. The average Bonchev–Trinajstić information content (AvgIpc) is 2.38. The lowest BCUT2D eigenvalue weighted by Gasteiger charge is -1.70. The molecule has 0 fully saturated rings. The van der Waals surface area contributed by atoms with E-state index < -0.39 is 11.1 Å². The molecular weight excluding hydrogens is 203 g/mol. The molecule has 0 N–H and O–H groups in total. The second-order valence-corrected chi connectivity index (χ2v) is 2.88. The Morgan fingerprint density at radius 2 is 1.17 bits per heavy atom. The highest BCUT2D eigenvalue weighted by atomic mass is 35.5. The van der Waals surface area contributed by atoms with Gasteiger partial charge in [-0.3, -0.25) is 9.59 Å². The maximum Gasteiger partial charge on any atom is 0.282 e. The fourth-order valence-electron chi connectivity index (χ4n) is 0.999. The zero-order chi connectivity index (χ0) is 8.88. The smallest absolute Gasteiger partial charge is 0.267 e. The normalized spacial score (nSPS) is 11.2. The summed E-state index contributed by atoms with van der Waals surface area (Å²) in [5.41, 5.74) is -1.20. The molecule has 0 radical (unpaired) electrons. The van der Waals surface area contributed by atoms with Crippen molar-refractivity contribution in [2.24, 2.45) is 0 Å². The number of nitrogens with zero attached hydrogens (tertiary/aromatic N) is 2. The van der Waals surface area contributed by atoms with Gasteiger partial charge in [-0.2, -0.15) is 9.97 Å². The molecule has 0 bridgehead atoms. The quantitative estimate of drug-likeness (QED) is 0.609. The second kappa shape index (κ2) is 2.24. The van der Waals surface area contributed by atoms with Crippen molar-refractivity contribution < 1.29 is 0 Å². The Morgan fingerprint density at radius 1 is 0.833 bits per heavy atom. The van der Waals surface area contributed by atoms with Crippen LogP contribution in [0.25, 0.3) is 0 Å². The molecule has 0 aromatic rings. The topological polar surface area (TPSA) is 59.9 Å². The van der Waals surface area contributed by atoms with Crippen LogP contribution in [0.2, 0.25) is 10.3 Å². The van der Waals surface area contributed by atoms with Gasteiger partial charge in [-0.05, 0) is 0 Å². The molecular formula is C6Cl2N2O2. The van der Waals surface area contributed by atoms with Crippen LogP contribution in [0, 0.1) is 10.4 Å². The summed E-state index contributed by atoms with van der Waals surface area (Å²) >= 11 is 11.0. The van der Waals surface area contributed by atoms with Gasteiger partial charge in [-0.1, -0.05) is 23.2 Å². The maximum atomic E-state index is 11.0. The van der Waals surface area contributed by atoms with Crippen LogP contribution < -0.4 is 11.1 Å². The standard InChI is InChI=1S/C6Cl2N2O2/c7-3-1-2(6(12)9-3)4(8)10-5(1)11. The molecule has 0 saturated carbocycles. The van der Waals surface area contributed by atoms with Crippen LogP contribution in [-0.2, 0) is 0 Å². The van der Waals surface area contributed by atoms with E-state index in [1.165, 1.54) is 0 Å². The van der Waals surface area contributed by atoms with E-state index in [1.807, 2.05) is 0 Å². The van der Waals surface area contributed by atoms with Crippen LogP contribution in [0.3, 0.4) is 0 Å². The summed E-state index contributed by atoms with van der Waals surface area (Å²) in [7, 11) is 0. The lowest BCUT2D eigenvalue weighted by molar-refractivity contribution is 1.23. The molecule has 0 saturated heterocycles. The molecule has 2 rings (SSSR count). The Bertz CT molecular complexity index is 532. The van der Waals surface area contributed by atoms with Crippen LogP contribution in [-0.4, -0.2) is 9.97 Å². The van der Waals surface area contributed by atoms with Crippen molar-refractivity contribution in [2.75, 3.05) is 0 Å². The van der Waals surface area contributed by atoms with Crippen molar-refractivity contribution in [3.63, 3.8) is 0 Å². The third kappa shape index (κ3) is 0.790. The van der Waals surface area contributed by atoms with Gasteiger partial charge >= 0.3 is 0 Å². The van der Waals surface area contributed by atoms with Crippen molar-refractivity contribution in [3.05, 3.63) is 41.5 Å². The number of rotatable bonds is 0. The highest BCUT2D eigenvalue weighted by molar-refractivity contribution is 6.31. The summed E-state index contributed by atoms with van der Waals surface area (Å²) in [6.07, 6.45) is 0. The molecule has 6 heteroatoms. The van der Waals surface area contributed by atoms with E-state index in [0.29, 0.717) is 0 Å². The average molecular weight is 203 g/mol. The van der Waals surface area contributed by atoms with E-state index in [0.717, 1.165) is 0 Å². The third-order valence-electron chi connectivity index (χ3n) is 1.49. The monoisotopic (exact) mass is 202 g/mol. The van der Waals surface area contributed by atoms with Gasteiger partial charge in [0.1, 0.15) is 10.3 Å². The van der Waals surface area contributed by atoms with E-state index in [4.69, 9.17) is 23.2 Å². The van der Waals surface area contributed by atoms with E-state index >= 15 is 0 Å². The minimum atomic E-state index is -0.602. The van der Waals surface area contributed by atoms with E-state index in [-0.39, 0.29) is 20.7 Å². The largest absolute Gasteiger partial charge is 0.282 e. The van der Waals surface area contributed by atoms with Crippen LogP contribution >= 0.6 is 23.2 Å². The molecule has 4 nitrogen and oxygen atoms in total. The fourth-order valence-corrected chi connectivity index (χ4v) is 1.50. The highest BCUT2D eigenvalue weighted by Gasteiger charge is 2.13. The van der Waals surface area contributed by atoms with Gasteiger partial charge in [0.05, 0.1) is 10.4 Å². The van der Waals surface area contributed by atoms with Crippen LogP contribution in [0.5, 0.6) is 0 Å².